The number of carbonyl (C=O) groups excluding carboxylic acids is 1. The molecule has 1 amide bonds. The van der Waals surface area contributed by atoms with Crippen molar-refractivity contribution in [3.63, 3.8) is 0 Å². The van der Waals surface area contributed by atoms with Crippen LogP contribution in [0.2, 0.25) is 0 Å². The molecule has 1 saturated heterocycles. The fourth-order valence-corrected chi connectivity index (χ4v) is 2.05. The highest BCUT2D eigenvalue weighted by Gasteiger charge is 2.35. The number of amides is 1. The van der Waals surface area contributed by atoms with Crippen LogP contribution in [0.15, 0.2) is 30.3 Å². The number of carbonyl (C=O) groups is 1. The van der Waals surface area contributed by atoms with E-state index in [0.29, 0.717) is 5.56 Å². The lowest BCUT2D eigenvalue weighted by molar-refractivity contribution is -0.201. The summed E-state index contributed by atoms with van der Waals surface area (Å²) in [6, 6.07) is 8.25. The number of hydrogen-bond donors (Lipinski definition) is 3. The Kier molecular flexibility index (Phi) is 3.96. The molecule has 3 N–H and O–H groups in total. The zero-order chi connectivity index (χ0) is 13.1. The third-order valence-corrected chi connectivity index (χ3v) is 3.07. The monoisotopic (exact) mass is 251 g/mol. The normalized spacial score (nSPS) is 31.9. The van der Waals surface area contributed by atoms with E-state index in [9.17, 15) is 15.0 Å². The van der Waals surface area contributed by atoms with Crippen molar-refractivity contribution < 1.29 is 19.7 Å². The predicted molar refractivity (Wildman–Crippen MR) is 64.9 cm³/mol. The van der Waals surface area contributed by atoms with Gasteiger partial charge in [0.2, 0.25) is 0 Å². The number of benzene rings is 1. The molecule has 1 aliphatic heterocycles. The molecule has 0 bridgehead atoms. The molecule has 5 nitrogen and oxygen atoms in total. The van der Waals surface area contributed by atoms with Crippen molar-refractivity contribution in [3.05, 3.63) is 35.9 Å². The predicted octanol–water partition coefficient (Wildman–Crippen LogP) is 0.273. The van der Waals surface area contributed by atoms with Gasteiger partial charge in [-0.05, 0) is 19.1 Å². The van der Waals surface area contributed by atoms with Crippen LogP contribution in [0.5, 0.6) is 0 Å². The molecule has 0 aliphatic carbocycles. The first-order chi connectivity index (χ1) is 8.58. The molecule has 2 rings (SSSR count). The summed E-state index contributed by atoms with van der Waals surface area (Å²) in [7, 11) is 0. The SMILES string of the molecule is CC1OC(O)CC(NC(=O)c2ccccc2)C1O. The molecule has 1 aromatic rings. The first kappa shape index (κ1) is 13.0. The van der Waals surface area contributed by atoms with Crippen LogP contribution in [0.1, 0.15) is 23.7 Å². The molecule has 0 aromatic heterocycles. The molecule has 0 radical (unpaired) electrons. The lowest BCUT2D eigenvalue weighted by Crippen LogP contribution is -2.54. The van der Waals surface area contributed by atoms with Crippen LogP contribution in [0.4, 0.5) is 0 Å². The van der Waals surface area contributed by atoms with Crippen molar-refractivity contribution in [2.24, 2.45) is 0 Å². The molecule has 1 aromatic carbocycles. The number of nitrogens with one attached hydrogen (secondary N) is 1. The van der Waals surface area contributed by atoms with Crippen LogP contribution in [-0.2, 0) is 4.74 Å². The summed E-state index contributed by atoms with van der Waals surface area (Å²) in [5, 5.41) is 22.1. The molecule has 0 saturated carbocycles. The maximum atomic E-state index is 11.9. The van der Waals surface area contributed by atoms with Crippen LogP contribution in [0.25, 0.3) is 0 Å². The van der Waals surface area contributed by atoms with Gasteiger partial charge >= 0.3 is 0 Å². The lowest BCUT2D eigenvalue weighted by Gasteiger charge is -2.36. The molecule has 1 fully saturated rings. The third kappa shape index (κ3) is 2.87. The summed E-state index contributed by atoms with van der Waals surface area (Å²) < 4.78 is 5.07. The molecule has 98 valence electrons. The topological polar surface area (TPSA) is 78.8 Å². The van der Waals surface area contributed by atoms with E-state index in [2.05, 4.69) is 5.32 Å². The molecule has 4 atom stereocenters. The largest absolute Gasteiger partial charge is 0.388 e. The molecule has 0 spiro atoms. The van der Waals surface area contributed by atoms with Crippen molar-refractivity contribution in [3.8, 4) is 0 Å². The van der Waals surface area contributed by atoms with Gasteiger partial charge in [-0.2, -0.15) is 0 Å². The third-order valence-electron chi connectivity index (χ3n) is 3.07. The second kappa shape index (κ2) is 5.48. The smallest absolute Gasteiger partial charge is 0.251 e. The van der Waals surface area contributed by atoms with Gasteiger partial charge in [0.15, 0.2) is 6.29 Å². The zero-order valence-electron chi connectivity index (χ0n) is 10.1. The quantitative estimate of drug-likeness (QED) is 0.705. The van der Waals surface area contributed by atoms with Crippen LogP contribution in [-0.4, -0.2) is 40.7 Å². The average Bonchev–Trinajstić information content (AvgIpc) is 2.36. The molecule has 18 heavy (non-hydrogen) atoms. The van der Waals surface area contributed by atoms with Crippen molar-refractivity contribution in [1.82, 2.24) is 5.32 Å². The van der Waals surface area contributed by atoms with Gasteiger partial charge in [-0.15, -0.1) is 0 Å². The highest BCUT2D eigenvalue weighted by Crippen LogP contribution is 2.19. The van der Waals surface area contributed by atoms with Crippen LogP contribution in [0, 0.1) is 0 Å². The van der Waals surface area contributed by atoms with Gasteiger partial charge < -0.3 is 20.3 Å². The van der Waals surface area contributed by atoms with Crippen LogP contribution in [0.3, 0.4) is 0 Å². The zero-order valence-corrected chi connectivity index (χ0v) is 10.1. The Labute approximate surface area is 105 Å². The minimum Gasteiger partial charge on any atom is -0.388 e. The summed E-state index contributed by atoms with van der Waals surface area (Å²) in [4.78, 5) is 11.9. The molecular formula is C13H17NO4. The van der Waals surface area contributed by atoms with E-state index in [1.165, 1.54) is 0 Å². The molecule has 1 aliphatic rings. The van der Waals surface area contributed by atoms with Crippen molar-refractivity contribution in [2.45, 2.75) is 37.9 Å². The summed E-state index contributed by atoms with van der Waals surface area (Å²) in [5.74, 6) is -0.263. The average molecular weight is 251 g/mol. The van der Waals surface area contributed by atoms with Crippen LogP contribution < -0.4 is 5.32 Å². The van der Waals surface area contributed by atoms with E-state index < -0.39 is 24.5 Å². The number of rotatable bonds is 2. The Morgan fingerprint density at radius 1 is 1.33 bits per heavy atom. The minimum atomic E-state index is -0.954. The maximum absolute atomic E-state index is 11.9. The number of hydrogen-bond acceptors (Lipinski definition) is 4. The Hall–Kier alpha value is -1.43. The summed E-state index contributed by atoms with van der Waals surface area (Å²) >= 11 is 0. The fraction of sp³-hybridized carbons (Fsp3) is 0.462. The molecular weight excluding hydrogens is 234 g/mol. The van der Waals surface area contributed by atoms with Gasteiger partial charge in [0.25, 0.3) is 5.91 Å². The molecule has 4 unspecified atom stereocenters. The Morgan fingerprint density at radius 2 is 2.00 bits per heavy atom. The van der Waals surface area contributed by atoms with Gasteiger partial charge in [-0.1, -0.05) is 18.2 Å². The van der Waals surface area contributed by atoms with E-state index in [0.717, 1.165) is 0 Å². The number of aliphatic hydroxyl groups excluding tert-OH is 2. The molecule has 1 heterocycles. The van der Waals surface area contributed by atoms with E-state index in [1.54, 1.807) is 31.2 Å². The highest BCUT2D eigenvalue weighted by molar-refractivity contribution is 5.94. The standard InChI is InChI=1S/C13H17NO4/c1-8-12(16)10(7-11(15)18-8)14-13(17)9-5-3-2-4-6-9/h2-6,8,10-12,15-16H,7H2,1H3,(H,14,17). The Balaban J connectivity index is 2.02. The highest BCUT2D eigenvalue weighted by atomic mass is 16.6. The fourth-order valence-electron chi connectivity index (χ4n) is 2.05. The van der Waals surface area contributed by atoms with Gasteiger partial charge in [0, 0.05) is 12.0 Å². The van der Waals surface area contributed by atoms with Gasteiger partial charge in [-0.3, -0.25) is 4.79 Å². The summed E-state index contributed by atoms with van der Waals surface area (Å²) in [5.41, 5.74) is 0.526. The maximum Gasteiger partial charge on any atom is 0.251 e. The van der Waals surface area contributed by atoms with Crippen molar-refractivity contribution >= 4 is 5.91 Å². The van der Waals surface area contributed by atoms with Gasteiger partial charge in [-0.25, -0.2) is 0 Å². The Bertz CT molecular complexity index is 409. The van der Waals surface area contributed by atoms with E-state index in [4.69, 9.17) is 4.74 Å². The van der Waals surface area contributed by atoms with Crippen LogP contribution >= 0.6 is 0 Å². The van der Waals surface area contributed by atoms with E-state index >= 15 is 0 Å². The van der Waals surface area contributed by atoms with Crippen molar-refractivity contribution in [1.29, 1.82) is 0 Å². The minimum absolute atomic E-state index is 0.185. The second-order valence-corrected chi connectivity index (χ2v) is 4.47. The first-order valence-corrected chi connectivity index (χ1v) is 5.95. The number of aliphatic hydroxyl groups is 2. The van der Waals surface area contributed by atoms with Gasteiger partial charge in [0.05, 0.1) is 12.1 Å². The second-order valence-electron chi connectivity index (χ2n) is 4.47. The van der Waals surface area contributed by atoms with Crippen molar-refractivity contribution in [2.75, 3.05) is 0 Å². The molecule has 5 heteroatoms. The summed E-state index contributed by atoms with van der Waals surface area (Å²) in [6.07, 6.45) is -2.09. The Morgan fingerprint density at radius 3 is 2.67 bits per heavy atom. The van der Waals surface area contributed by atoms with Gasteiger partial charge in [0.1, 0.15) is 6.10 Å². The first-order valence-electron chi connectivity index (χ1n) is 5.95. The van der Waals surface area contributed by atoms with E-state index in [-0.39, 0.29) is 12.3 Å². The summed E-state index contributed by atoms with van der Waals surface area (Å²) in [6.45, 7) is 1.66. The van der Waals surface area contributed by atoms with E-state index in [1.807, 2.05) is 6.07 Å². The number of ether oxygens (including phenoxy) is 1. The lowest BCUT2D eigenvalue weighted by atomic mass is 9.99.